The van der Waals surface area contributed by atoms with Crippen molar-refractivity contribution in [2.75, 3.05) is 19.7 Å². The Hall–Kier alpha value is -2.48. The summed E-state index contributed by atoms with van der Waals surface area (Å²) >= 11 is 0. The Kier molecular flexibility index (Phi) is 5.07. The van der Waals surface area contributed by atoms with Gasteiger partial charge in [-0.25, -0.2) is 4.98 Å². The van der Waals surface area contributed by atoms with Crippen LogP contribution in [0.25, 0.3) is 0 Å². The van der Waals surface area contributed by atoms with Crippen molar-refractivity contribution < 1.29 is 23.0 Å². The Morgan fingerprint density at radius 2 is 2.19 bits per heavy atom. The summed E-state index contributed by atoms with van der Waals surface area (Å²) in [7, 11) is 0. The van der Waals surface area contributed by atoms with E-state index in [-0.39, 0.29) is 17.8 Å². The molecule has 27 heavy (non-hydrogen) atoms. The summed E-state index contributed by atoms with van der Waals surface area (Å²) in [6.07, 6.45) is 4.55. The molecule has 2 aliphatic heterocycles. The molecule has 0 aliphatic carbocycles. The number of carbonyl (C=O) groups excluding carboxylic acids is 1. The highest BCUT2D eigenvalue weighted by molar-refractivity contribution is 5.92. The summed E-state index contributed by atoms with van der Waals surface area (Å²) in [5.74, 6) is 0.924. The maximum absolute atomic E-state index is 12.9. The lowest BCUT2D eigenvalue weighted by Crippen LogP contribution is -2.42. The summed E-state index contributed by atoms with van der Waals surface area (Å²) in [5, 5.41) is 0. The van der Waals surface area contributed by atoms with Gasteiger partial charge in [-0.05, 0) is 30.5 Å². The molecule has 3 heterocycles. The first-order valence-electron chi connectivity index (χ1n) is 9.12. The highest BCUT2D eigenvalue weighted by atomic mass is 19.3. The van der Waals surface area contributed by atoms with Crippen LogP contribution in [0.3, 0.4) is 0 Å². The van der Waals surface area contributed by atoms with Crippen LogP contribution < -0.4 is 4.74 Å². The van der Waals surface area contributed by atoms with E-state index in [0.717, 1.165) is 31.6 Å². The van der Waals surface area contributed by atoms with Gasteiger partial charge in [0, 0.05) is 25.7 Å². The number of hydrogen-bond donors (Lipinski definition) is 0. The minimum Gasteiger partial charge on any atom is -0.435 e. The molecule has 1 atom stereocenters. The van der Waals surface area contributed by atoms with Gasteiger partial charge in [-0.2, -0.15) is 8.78 Å². The van der Waals surface area contributed by atoms with Gasteiger partial charge in [-0.3, -0.25) is 4.79 Å². The topological polar surface area (TPSA) is 56.6 Å². The minimum absolute atomic E-state index is 0.0799. The number of halogens is 2. The van der Waals surface area contributed by atoms with E-state index in [2.05, 4.69) is 14.3 Å². The fraction of sp³-hybridized carbons (Fsp3) is 0.474. The lowest BCUT2D eigenvalue weighted by Gasteiger charge is -2.33. The van der Waals surface area contributed by atoms with Crippen molar-refractivity contribution in [3.63, 3.8) is 0 Å². The van der Waals surface area contributed by atoms with Gasteiger partial charge in [0.2, 0.25) is 0 Å². The molecule has 0 spiro atoms. The maximum Gasteiger partial charge on any atom is 0.387 e. The van der Waals surface area contributed by atoms with Crippen molar-refractivity contribution in [3.8, 4) is 5.75 Å². The summed E-state index contributed by atoms with van der Waals surface area (Å²) < 4.78 is 37.1. The SMILES string of the molecule is O=C(c1cn2c(n1)CCCC2)N1CCOC(c2cccc(OC(F)F)c2)C1. The number of amides is 1. The second kappa shape index (κ2) is 7.64. The average Bonchev–Trinajstić information content (AvgIpc) is 3.11. The van der Waals surface area contributed by atoms with Crippen LogP contribution in [0.5, 0.6) is 5.75 Å². The van der Waals surface area contributed by atoms with Gasteiger partial charge in [-0.15, -0.1) is 0 Å². The number of nitrogens with zero attached hydrogens (tertiary/aromatic N) is 3. The van der Waals surface area contributed by atoms with Gasteiger partial charge in [0.05, 0.1) is 13.2 Å². The van der Waals surface area contributed by atoms with Gasteiger partial charge in [0.1, 0.15) is 23.4 Å². The fourth-order valence-corrected chi connectivity index (χ4v) is 3.60. The Morgan fingerprint density at radius 3 is 3.00 bits per heavy atom. The molecule has 6 nitrogen and oxygen atoms in total. The van der Waals surface area contributed by atoms with E-state index in [1.165, 1.54) is 12.1 Å². The number of morpholine rings is 1. The third-order valence-corrected chi connectivity index (χ3v) is 4.94. The largest absolute Gasteiger partial charge is 0.435 e. The predicted molar refractivity (Wildman–Crippen MR) is 92.8 cm³/mol. The third kappa shape index (κ3) is 3.95. The smallest absolute Gasteiger partial charge is 0.387 e. The van der Waals surface area contributed by atoms with Gasteiger partial charge >= 0.3 is 6.61 Å². The van der Waals surface area contributed by atoms with Crippen LogP contribution in [-0.2, 0) is 17.7 Å². The zero-order chi connectivity index (χ0) is 18.8. The van der Waals surface area contributed by atoms with E-state index < -0.39 is 6.61 Å². The van der Waals surface area contributed by atoms with Gasteiger partial charge in [0.25, 0.3) is 5.91 Å². The van der Waals surface area contributed by atoms with Crippen molar-refractivity contribution in [1.82, 2.24) is 14.5 Å². The second-order valence-corrected chi connectivity index (χ2v) is 6.75. The number of aryl methyl sites for hydroxylation is 2. The standard InChI is InChI=1S/C19H21F2N3O3/c20-19(21)27-14-5-3-4-13(10-14)16-12-24(8-9-26-16)18(25)15-11-23-7-2-1-6-17(23)22-15/h3-5,10-11,16,19H,1-2,6-9,12H2. The zero-order valence-electron chi connectivity index (χ0n) is 14.8. The molecule has 1 saturated heterocycles. The summed E-state index contributed by atoms with van der Waals surface area (Å²) in [6.45, 7) is -0.774. The highest BCUT2D eigenvalue weighted by Gasteiger charge is 2.28. The molecule has 1 aromatic carbocycles. The highest BCUT2D eigenvalue weighted by Crippen LogP contribution is 2.27. The first kappa shape index (κ1) is 17.9. The number of aromatic nitrogens is 2. The lowest BCUT2D eigenvalue weighted by molar-refractivity contribution is -0.0504. The van der Waals surface area contributed by atoms with E-state index in [4.69, 9.17) is 4.74 Å². The molecule has 0 bridgehead atoms. The number of rotatable bonds is 4. The van der Waals surface area contributed by atoms with Crippen LogP contribution in [0.2, 0.25) is 0 Å². The summed E-state index contributed by atoms with van der Waals surface area (Å²) in [5.41, 5.74) is 1.16. The molecule has 1 fully saturated rings. The van der Waals surface area contributed by atoms with Gasteiger partial charge in [-0.1, -0.05) is 12.1 Å². The number of benzene rings is 1. The van der Waals surface area contributed by atoms with Gasteiger partial charge in [0.15, 0.2) is 0 Å². The molecule has 1 aromatic heterocycles. The minimum atomic E-state index is -2.88. The Balaban J connectivity index is 1.48. The number of imidazole rings is 1. The zero-order valence-corrected chi connectivity index (χ0v) is 14.8. The van der Waals surface area contributed by atoms with Crippen molar-refractivity contribution in [1.29, 1.82) is 0 Å². The van der Waals surface area contributed by atoms with Crippen LogP contribution in [0.15, 0.2) is 30.5 Å². The van der Waals surface area contributed by atoms with Crippen molar-refractivity contribution in [3.05, 3.63) is 47.5 Å². The number of fused-ring (bicyclic) bond motifs is 1. The monoisotopic (exact) mass is 377 g/mol. The van der Waals surface area contributed by atoms with Gasteiger partial charge < -0.3 is 18.9 Å². The van der Waals surface area contributed by atoms with Crippen molar-refractivity contribution >= 4 is 5.91 Å². The lowest BCUT2D eigenvalue weighted by atomic mass is 10.1. The number of hydrogen-bond acceptors (Lipinski definition) is 4. The molecule has 2 aromatic rings. The Labute approximate surface area is 155 Å². The second-order valence-electron chi connectivity index (χ2n) is 6.75. The van der Waals surface area contributed by atoms with Crippen molar-refractivity contribution in [2.24, 2.45) is 0 Å². The van der Waals surface area contributed by atoms with Crippen LogP contribution in [0.1, 0.15) is 40.8 Å². The molecule has 1 unspecified atom stereocenters. The molecule has 0 N–H and O–H groups in total. The Morgan fingerprint density at radius 1 is 1.30 bits per heavy atom. The average molecular weight is 377 g/mol. The van der Waals surface area contributed by atoms with E-state index in [0.29, 0.717) is 31.0 Å². The number of alkyl halides is 2. The molecule has 144 valence electrons. The first-order chi connectivity index (χ1) is 13.1. The van der Waals surface area contributed by atoms with E-state index in [1.807, 2.05) is 6.20 Å². The molecular formula is C19H21F2N3O3. The summed E-state index contributed by atoms with van der Waals surface area (Å²) in [4.78, 5) is 19.1. The van der Waals surface area contributed by atoms with Crippen molar-refractivity contribution in [2.45, 2.75) is 38.5 Å². The van der Waals surface area contributed by atoms with Crippen LogP contribution in [0, 0.1) is 0 Å². The number of ether oxygens (including phenoxy) is 2. The third-order valence-electron chi connectivity index (χ3n) is 4.94. The van der Waals surface area contributed by atoms with Crippen LogP contribution >= 0.6 is 0 Å². The predicted octanol–water partition coefficient (Wildman–Crippen LogP) is 3.03. The molecule has 1 amide bonds. The molecule has 8 heteroatoms. The molecular weight excluding hydrogens is 356 g/mol. The molecule has 0 saturated carbocycles. The van der Waals surface area contributed by atoms with Crippen LogP contribution in [0.4, 0.5) is 8.78 Å². The summed E-state index contributed by atoms with van der Waals surface area (Å²) in [6, 6.07) is 6.42. The molecule has 0 radical (unpaired) electrons. The maximum atomic E-state index is 12.9. The molecule has 4 rings (SSSR count). The quantitative estimate of drug-likeness (QED) is 0.822. The molecule has 2 aliphatic rings. The number of carbonyl (C=O) groups is 1. The first-order valence-corrected chi connectivity index (χ1v) is 9.12. The van der Waals surface area contributed by atoms with E-state index in [9.17, 15) is 13.6 Å². The Bertz CT molecular complexity index is 801. The fourth-order valence-electron chi connectivity index (χ4n) is 3.60. The van der Waals surface area contributed by atoms with E-state index in [1.54, 1.807) is 17.0 Å². The van der Waals surface area contributed by atoms with E-state index >= 15 is 0 Å². The van der Waals surface area contributed by atoms with Crippen LogP contribution in [-0.4, -0.2) is 46.7 Å². The normalized spacial score (nSPS) is 19.8.